The first-order valence-electron chi connectivity index (χ1n) is 9.55. The Morgan fingerprint density at radius 2 is 2.14 bits per heavy atom. The molecule has 1 atom stereocenters. The fourth-order valence-corrected chi connectivity index (χ4v) is 5.70. The molecule has 0 radical (unpaired) electrons. The summed E-state index contributed by atoms with van der Waals surface area (Å²) in [5.41, 5.74) is 5.38. The number of carbonyl (C=O) groups is 1. The Morgan fingerprint density at radius 1 is 1.28 bits per heavy atom. The molecule has 0 bridgehead atoms. The second-order valence-corrected chi connectivity index (χ2v) is 9.18. The molecular weight excluding hydrogens is 400 g/mol. The largest absolute Gasteiger partial charge is 0.356 e. The van der Waals surface area contributed by atoms with E-state index in [0.29, 0.717) is 12.3 Å². The molecule has 29 heavy (non-hydrogen) atoms. The number of thiazole rings is 1. The molecule has 5 rings (SSSR count). The molecule has 3 aromatic heterocycles. The molecule has 0 saturated heterocycles. The van der Waals surface area contributed by atoms with E-state index in [1.807, 2.05) is 41.5 Å². The molecule has 1 amide bonds. The predicted octanol–water partition coefficient (Wildman–Crippen LogP) is 4.59. The molecule has 0 aliphatic carbocycles. The van der Waals surface area contributed by atoms with Gasteiger partial charge in [-0.1, -0.05) is 36.0 Å². The van der Waals surface area contributed by atoms with Gasteiger partial charge in [0, 0.05) is 40.4 Å². The third-order valence-electron chi connectivity index (χ3n) is 5.24. The van der Waals surface area contributed by atoms with Crippen molar-refractivity contribution < 1.29 is 4.79 Å². The van der Waals surface area contributed by atoms with Gasteiger partial charge in [-0.2, -0.15) is 0 Å². The number of benzene rings is 1. The van der Waals surface area contributed by atoms with Crippen LogP contribution in [0.4, 0.5) is 0 Å². The van der Waals surface area contributed by atoms with Crippen LogP contribution in [-0.2, 0) is 11.2 Å². The number of nitrogens with one attached hydrogen (secondary N) is 1. The van der Waals surface area contributed by atoms with Crippen molar-refractivity contribution in [1.29, 1.82) is 0 Å². The highest BCUT2D eigenvalue weighted by atomic mass is 32.2. The number of hydrogen-bond acceptors (Lipinski definition) is 5. The summed E-state index contributed by atoms with van der Waals surface area (Å²) in [5.74, 6) is 0.495. The Hall–Kier alpha value is -2.64. The maximum Gasteiger partial charge on any atom is 0.233 e. The van der Waals surface area contributed by atoms with Gasteiger partial charge in [-0.25, -0.2) is 4.98 Å². The minimum absolute atomic E-state index is 0.114. The van der Waals surface area contributed by atoms with Crippen molar-refractivity contribution in [3.05, 3.63) is 76.7 Å². The minimum Gasteiger partial charge on any atom is -0.356 e. The number of aromatic amines is 1. The fraction of sp³-hybridized carbons (Fsp3) is 0.227. The van der Waals surface area contributed by atoms with Gasteiger partial charge in [0.15, 0.2) is 4.34 Å². The first kappa shape index (κ1) is 18.4. The van der Waals surface area contributed by atoms with Gasteiger partial charge in [0.1, 0.15) is 6.04 Å². The number of para-hydroxylation sites is 1. The Morgan fingerprint density at radius 3 is 2.93 bits per heavy atom. The maximum absolute atomic E-state index is 13.2. The van der Waals surface area contributed by atoms with Crippen molar-refractivity contribution in [2.45, 2.75) is 23.7 Å². The standard InChI is InChI=1S/C22H20N4OS2/c1-14-12-28-22(24-14)29-13-19(27)26-11-9-16-15-6-2-3-7-17(15)25-20(16)21(26)18-8-4-5-10-23-18/h2-8,10,12,21,25H,9,11,13H2,1H3/t21-/m1/s1. The fourth-order valence-electron chi connectivity index (χ4n) is 3.96. The van der Waals surface area contributed by atoms with Crippen LogP contribution in [0.15, 0.2) is 58.4 Å². The molecule has 146 valence electrons. The lowest BCUT2D eigenvalue weighted by molar-refractivity contribution is -0.130. The van der Waals surface area contributed by atoms with Gasteiger partial charge in [0.2, 0.25) is 5.91 Å². The SMILES string of the molecule is Cc1csc(SCC(=O)N2CCc3c([nH]c4ccccc34)[C@H]2c2ccccn2)n1. The van der Waals surface area contributed by atoms with E-state index in [2.05, 4.69) is 33.2 Å². The third-order valence-corrected chi connectivity index (χ3v) is 7.36. The van der Waals surface area contributed by atoms with E-state index in [1.54, 1.807) is 17.5 Å². The van der Waals surface area contributed by atoms with Crippen molar-refractivity contribution in [2.24, 2.45) is 0 Å². The van der Waals surface area contributed by atoms with Gasteiger partial charge in [-0.3, -0.25) is 9.78 Å². The molecule has 5 nitrogen and oxygen atoms in total. The van der Waals surface area contributed by atoms with Gasteiger partial charge in [0.25, 0.3) is 0 Å². The van der Waals surface area contributed by atoms with Gasteiger partial charge in [-0.05, 0) is 37.1 Å². The minimum atomic E-state index is -0.196. The summed E-state index contributed by atoms with van der Waals surface area (Å²) in [6.45, 7) is 2.66. The highest BCUT2D eigenvalue weighted by Gasteiger charge is 2.35. The summed E-state index contributed by atoms with van der Waals surface area (Å²) in [7, 11) is 0. The van der Waals surface area contributed by atoms with Crippen LogP contribution in [0.1, 0.15) is 28.7 Å². The number of nitrogens with zero attached hydrogens (tertiary/aromatic N) is 3. The van der Waals surface area contributed by atoms with E-state index in [9.17, 15) is 4.79 Å². The molecule has 0 saturated carbocycles. The number of fused-ring (bicyclic) bond motifs is 3. The molecule has 1 aromatic carbocycles. The van der Waals surface area contributed by atoms with E-state index >= 15 is 0 Å². The van der Waals surface area contributed by atoms with E-state index < -0.39 is 0 Å². The zero-order chi connectivity index (χ0) is 19.8. The number of amides is 1. The number of aromatic nitrogens is 3. The number of carbonyl (C=O) groups excluding carboxylic acids is 1. The number of hydrogen-bond donors (Lipinski definition) is 1. The molecule has 0 spiro atoms. The second kappa shape index (κ2) is 7.65. The number of thioether (sulfide) groups is 1. The van der Waals surface area contributed by atoms with Crippen LogP contribution in [0.25, 0.3) is 10.9 Å². The Kier molecular flexibility index (Phi) is 4.85. The van der Waals surface area contributed by atoms with Crippen molar-refractivity contribution in [1.82, 2.24) is 19.9 Å². The molecule has 4 aromatic rings. The molecule has 1 aliphatic rings. The second-order valence-electron chi connectivity index (χ2n) is 7.10. The lowest BCUT2D eigenvalue weighted by Gasteiger charge is -2.35. The highest BCUT2D eigenvalue weighted by Crippen LogP contribution is 2.38. The monoisotopic (exact) mass is 420 g/mol. The van der Waals surface area contributed by atoms with Crippen LogP contribution in [0.2, 0.25) is 0 Å². The van der Waals surface area contributed by atoms with Crippen molar-refractivity contribution in [2.75, 3.05) is 12.3 Å². The average molecular weight is 421 g/mol. The summed E-state index contributed by atoms with van der Waals surface area (Å²) in [6, 6.07) is 14.0. The van der Waals surface area contributed by atoms with Crippen LogP contribution in [0.5, 0.6) is 0 Å². The summed E-state index contributed by atoms with van der Waals surface area (Å²) >= 11 is 3.10. The topological polar surface area (TPSA) is 61.9 Å². The highest BCUT2D eigenvalue weighted by molar-refractivity contribution is 8.01. The van der Waals surface area contributed by atoms with Gasteiger partial charge in [-0.15, -0.1) is 11.3 Å². The third kappa shape index (κ3) is 3.45. The van der Waals surface area contributed by atoms with E-state index in [0.717, 1.165) is 33.4 Å². The smallest absolute Gasteiger partial charge is 0.233 e. The van der Waals surface area contributed by atoms with Gasteiger partial charge >= 0.3 is 0 Å². The average Bonchev–Trinajstić information content (AvgIpc) is 3.35. The summed E-state index contributed by atoms with van der Waals surface area (Å²) in [4.78, 5) is 27.8. The molecule has 0 unspecified atom stereocenters. The summed E-state index contributed by atoms with van der Waals surface area (Å²) in [5, 5.41) is 3.25. The van der Waals surface area contributed by atoms with Crippen LogP contribution in [0, 0.1) is 6.92 Å². The normalized spacial score (nSPS) is 16.2. The van der Waals surface area contributed by atoms with Crippen LogP contribution in [-0.4, -0.2) is 38.1 Å². The zero-order valence-electron chi connectivity index (χ0n) is 16.0. The summed E-state index contributed by atoms with van der Waals surface area (Å²) < 4.78 is 0.938. The molecule has 0 fully saturated rings. The molecule has 7 heteroatoms. The lowest BCUT2D eigenvalue weighted by atomic mass is 9.95. The van der Waals surface area contributed by atoms with Crippen LogP contribution in [0.3, 0.4) is 0 Å². The Labute approximate surface area is 177 Å². The molecular formula is C22H20N4OS2. The first-order valence-corrected chi connectivity index (χ1v) is 11.4. The zero-order valence-corrected chi connectivity index (χ0v) is 17.6. The number of pyridine rings is 1. The van der Waals surface area contributed by atoms with Crippen LogP contribution >= 0.6 is 23.1 Å². The Bertz CT molecular complexity index is 1170. The lowest BCUT2D eigenvalue weighted by Crippen LogP contribution is -2.41. The van der Waals surface area contributed by atoms with E-state index in [1.165, 1.54) is 22.7 Å². The van der Waals surface area contributed by atoms with Gasteiger partial charge < -0.3 is 9.88 Å². The predicted molar refractivity (Wildman–Crippen MR) is 117 cm³/mol. The molecule has 1 aliphatic heterocycles. The number of rotatable bonds is 4. The van der Waals surface area contributed by atoms with E-state index in [-0.39, 0.29) is 11.9 Å². The number of aryl methyl sites for hydroxylation is 1. The van der Waals surface area contributed by atoms with Crippen molar-refractivity contribution in [3.63, 3.8) is 0 Å². The van der Waals surface area contributed by atoms with Crippen molar-refractivity contribution >= 4 is 39.9 Å². The quantitative estimate of drug-likeness (QED) is 0.491. The first-order chi connectivity index (χ1) is 14.2. The van der Waals surface area contributed by atoms with Gasteiger partial charge in [0.05, 0.1) is 11.4 Å². The summed E-state index contributed by atoms with van der Waals surface area (Å²) in [6.07, 6.45) is 2.64. The Balaban J connectivity index is 1.50. The maximum atomic E-state index is 13.2. The molecule has 1 N–H and O–H groups in total. The van der Waals surface area contributed by atoms with Crippen molar-refractivity contribution in [3.8, 4) is 0 Å². The van der Waals surface area contributed by atoms with E-state index in [4.69, 9.17) is 0 Å². The number of H-pyrrole nitrogens is 1. The van der Waals surface area contributed by atoms with Crippen LogP contribution < -0.4 is 0 Å². The molecule has 4 heterocycles.